The van der Waals surface area contributed by atoms with Crippen molar-refractivity contribution in [1.29, 1.82) is 0 Å². The van der Waals surface area contributed by atoms with Crippen LogP contribution in [-0.2, 0) is 0 Å². The van der Waals surface area contributed by atoms with Crippen molar-refractivity contribution in [2.75, 3.05) is 26.7 Å². The van der Waals surface area contributed by atoms with Crippen molar-refractivity contribution in [3.8, 4) is 0 Å². The van der Waals surface area contributed by atoms with E-state index >= 15 is 0 Å². The first-order valence-corrected chi connectivity index (χ1v) is 7.29. The van der Waals surface area contributed by atoms with Crippen LogP contribution in [-0.4, -0.2) is 42.4 Å². The molecule has 1 aliphatic heterocycles. The van der Waals surface area contributed by atoms with Crippen molar-refractivity contribution in [3.05, 3.63) is 38.9 Å². The minimum Gasteiger partial charge on any atom is -0.338 e. The fourth-order valence-electron chi connectivity index (χ4n) is 2.74. The largest absolute Gasteiger partial charge is 0.338 e. The summed E-state index contributed by atoms with van der Waals surface area (Å²) >= 11 is 6.02. The zero-order valence-corrected chi connectivity index (χ0v) is 13.8. The Kier molecular flexibility index (Phi) is 7.06. The number of halogens is 2. The molecule has 1 aromatic carbocycles. The van der Waals surface area contributed by atoms with Crippen molar-refractivity contribution < 1.29 is 9.72 Å². The van der Waals surface area contributed by atoms with E-state index in [9.17, 15) is 14.9 Å². The Morgan fingerprint density at radius 2 is 2.27 bits per heavy atom. The first kappa shape index (κ1) is 18.7. The highest BCUT2D eigenvalue weighted by Gasteiger charge is 2.30. The second kappa shape index (κ2) is 8.31. The zero-order valence-electron chi connectivity index (χ0n) is 12.3. The maximum atomic E-state index is 12.6. The average Bonchev–Trinajstić information content (AvgIpc) is 2.47. The molecular weight excluding hydrogens is 329 g/mol. The maximum Gasteiger partial charge on any atom is 0.283 e. The number of nitrogens with zero attached hydrogens (tertiary/aromatic N) is 2. The van der Waals surface area contributed by atoms with Crippen LogP contribution in [0.5, 0.6) is 0 Å². The molecule has 1 amide bonds. The van der Waals surface area contributed by atoms with Gasteiger partial charge in [-0.15, -0.1) is 12.4 Å². The van der Waals surface area contributed by atoms with Crippen LogP contribution < -0.4 is 5.32 Å². The van der Waals surface area contributed by atoms with Gasteiger partial charge in [-0.05, 0) is 38.4 Å². The maximum absolute atomic E-state index is 12.6. The molecule has 1 N–H and O–H groups in total. The van der Waals surface area contributed by atoms with Crippen LogP contribution in [0.1, 0.15) is 23.2 Å². The van der Waals surface area contributed by atoms with Gasteiger partial charge in [0, 0.05) is 19.2 Å². The van der Waals surface area contributed by atoms with Gasteiger partial charge in [0.1, 0.15) is 5.56 Å². The van der Waals surface area contributed by atoms with Crippen LogP contribution >= 0.6 is 24.0 Å². The second-order valence-electron chi connectivity index (χ2n) is 5.21. The predicted molar refractivity (Wildman–Crippen MR) is 87.9 cm³/mol. The molecule has 0 saturated carbocycles. The van der Waals surface area contributed by atoms with Crippen molar-refractivity contribution in [2.45, 2.75) is 12.8 Å². The molecule has 6 nitrogen and oxygen atoms in total. The molecule has 0 bridgehead atoms. The number of nitro groups is 1. The number of nitrogens with one attached hydrogen (secondary N) is 1. The Hall–Kier alpha value is -1.37. The summed E-state index contributed by atoms with van der Waals surface area (Å²) in [7, 11) is 1.87. The minimum absolute atomic E-state index is 0. The van der Waals surface area contributed by atoms with E-state index in [0.717, 1.165) is 19.4 Å². The zero-order chi connectivity index (χ0) is 15.4. The second-order valence-corrected chi connectivity index (χ2v) is 5.62. The molecule has 1 saturated heterocycles. The molecule has 122 valence electrons. The van der Waals surface area contributed by atoms with Crippen molar-refractivity contribution in [2.24, 2.45) is 5.92 Å². The number of nitro benzene ring substituents is 1. The van der Waals surface area contributed by atoms with Crippen molar-refractivity contribution >= 4 is 35.6 Å². The normalized spacial score (nSPS) is 17.7. The van der Waals surface area contributed by atoms with E-state index in [1.54, 1.807) is 4.90 Å². The lowest BCUT2D eigenvalue weighted by Gasteiger charge is -2.32. The SMILES string of the molecule is CNCC1CCCN(C(=O)c2c(Cl)cccc2[N+](=O)[O-])C1.Cl. The molecule has 1 unspecified atom stereocenters. The molecule has 22 heavy (non-hydrogen) atoms. The molecule has 1 aliphatic rings. The molecular formula is C14H19Cl2N3O3. The number of benzene rings is 1. The van der Waals surface area contributed by atoms with Crippen molar-refractivity contribution in [3.63, 3.8) is 0 Å². The van der Waals surface area contributed by atoms with Crippen molar-refractivity contribution in [1.82, 2.24) is 10.2 Å². The monoisotopic (exact) mass is 347 g/mol. The van der Waals surface area contributed by atoms with Gasteiger partial charge in [-0.2, -0.15) is 0 Å². The number of hydrogen-bond donors (Lipinski definition) is 1. The Bertz CT molecular complexity index is 552. The third-order valence-electron chi connectivity index (χ3n) is 3.70. The molecule has 0 aromatic heterocycles. The number of carbonyl (C=O) groups is 1. The summed E-state index contributed by atoms with van der Waals surface area (Å²) in [6, 6.07) is 4.31. The van der Waals surface area contributed by atoms with Crippen LogP contribution in [0.15, 0.2) is 18.2 Å². The molecule has 0 radical (unpaired) electrons. The van der Waals surface area contributed by atoms with Gasteiger partial charge in [-0.1, -0.05) is 17.7 Å². The van der Waals surface area contributed by atoms with Gasteiger partial charge in [0.25, 0.3) is 11.6 Å². The summed E-state index contributed by atoms with van der Waals surface area (Å²) in [5.74, 6) is 0.0161. The first-order valence-electron chi connectivity index (χ1n) is 6.91. The minimum atomic E-state index is -0.561. The quantitative estimate of drug-likeness (QED) is 0.671. The lowest BCUT2D eigenvalue weighted by Crippen LogP contribution is -2.42. The Labute approximate surface area is 140 Å². The molecule has 1 aromatic rings. The summed E-state index contributed by atoms with van der Waals surface area (Å²) in [4.78, 5) is 24.8. The highest BCUT2D eigenvalue weighted by atomic mass is 35.5. The Morgan fingerprint density at radius 1 is 1.55 bits per heavy atom. The number of hydrogen-bond acceptors (Lipinski definition) is 4. The van der Waals surface area contributed by atoms with E-state index in [4.69, 9.17) is 11.6 Å². The molecule has 1 atom stereocenters. The summed E-state index contributed by atoms with van der Waals surface area (Å²) in [5, 5.41) is 14.3. The number of likely N-dealkylation sites (tertiary alicyclic amines) is 1. The van der Waals surface area contributed by atoms with E-state index in [2.05, 4.69) is 5.32 Å². The van der Waals surface area contributed by atoms with Gasteiger partial charge in [-0.3, -0.25) is 14.9 Å². The van der Waals surface area contributed by atoms with E-state index in [0.29, 0.717) is 19.0 Å². The standard InChI is InChI=1S/C14H18ClN3O3.ClH/c1-16-8-10-4-3-7-17(9-10)14(19)13-11(15)5-2-6-12(13)18(20)21;/h2,5-6,10,16H,3-4,7-9H2,1H3;1H. The van der Waals surface area contributed by atoms with E-state index in [1.807, 2.05) is 7.05 Å². The average molecular weight is 348 g/mol. The Balaban J connectivity index is 0.00000242. The molecule has 0 spiro atoms. The van der Waals surface area contributed by atoms with Gasteiger partial charge in [-0.25, -0.2) is 0 Å². The molecule has 1 heterocycles. The van der Waals surface area contributed by atoms with E-state index in [1.165, 1.54) is 18.2 Å². The number of amides is 1. The third-order valence-corrected chi connectivity index (χ3v) is 4.02. The lowest BCUT2D eigenvalue weighted by molar-refractivity contribution is -0.385. The topological polar surface area (TPSA) is 75.5 Å². The van der Waals surface area contributed by atoms with E-state index in [-0.39, 0.29) is 34.6 Å². The number of rotatable bonds is 4. The van der Waals surface area contributed by atoms with E-state index < -0.39 is 4.92 Å². The summed E-state index contributed by atoms with van der Waals surface area (Å²) in [6.07, 6.45) is 1.95. The number of carbonyl (C=O) groups excluding carboxylic acids is 1. The van der Waals surface area contributed by atoms with Crippen LogP contribution in [0.3, 0.4) is 0 Å². The molecule has 1 fully saturated rings. The summed E-state index contributed by atoms with van der Waals surface area (Å²) < 4.78 is 0. The third kappa shape index (κ3) is 4.09. The molecule has 8 heteroatoms. The summed E-state index contributed by atoms with van der Waals surface area (Å²) in [5.41, 5.74) is -0.238. The van der Waals surface area contributed by atoms with Crippen LogP contribution in [0.4, 0.5) is 5.69 Å². The summed E-state index contributed by atoms with van der Waals surface area (Å²) in [6.45, 7) is 2.04. The van der Waals surface area contributed by atoms with Gasteiger partial charge >= 0.3 is 0 Å². The first-order chi connectivity index (χ1) is 10.0. The number of piperidine rings is 1. The highest BCUT2D eigenvalue weighted by Crippen LogP contribution is 2.29. The molecule has 0 aliphatic carbocycles. The fourth-order valence-corrected chi connectivity index (χ4v) is 2.99. The highest BCUT2D eigenvalue weighted by molar-refractivity contribution is 6.34. The molecule has 2 rings (SSSR count). The smallest absolute Gasteiger partial charge is 0.283 e. The van der Waals surface area contributed by atoms with Crippen LogP contribution in [0.2, 0.25) is 5.02 Å². The van der Waals surface area contributed by atoms with Crippen LogP contribution in [0, 0.1) is 16.0 Å². The fraction of sp³-hybridized carbons (Fsp3) is 0.500. The Morgan fingerprint density at radius 3 is 2.91 bits per heavy atom. The predicted octanol–water partition coefficient (Wildman–Crippen LogP) is 2.74. The van der Waals surface area contributed by atoms with Gasteiger partial charge in [0.2, 0.25) is 0 Å². The lowest BCUT2D eigenvalue weighted by atomic mass is 9.97. The van der Waals surface area contributed by atoms with Gasteiger partial charge in [0.15, 0.2) is 0 Å². The van der Waals surface area contributed by atoms with Crippen LogP contribution in [0.25, 0.3) is 0 Å². The van der Waals surface area contributed by atoms with Gasteiger partial charge < -0.3 is 10.2 Å². The van der Waals surface area contributed by atoms with Gasteiger partial charge in [0.05, 0.1) is 9.95 Å².